The standard InChI is InChI=1S/C13H18N2O4S/c1-19-11-4-6-12(7-5-11)20(17,18)15-8-2-3-10(9-15)13(14)16/h4-7,10H,2-3,8-9H2,1H3,(H2,14,16)/t10-/m0/s1. The second-order valence-corrected chi connectivity index (χ2v) is 6.72. The minimum Gasteiger partial charge on any atom is -0.497 e. The van der Waals surface area contributed by atoms with Gasteiger partial charge in [-0.1, -0.05) is 0 Å². The van der Waals surface area contributed by atoms with Crippen LogP contribution >= 0.6 is 0 Å². The highest BCUT2D eigenvalue weighted by atomic mass is 32.2. The van der Waals surface area contributed by atoms with Gasteiger partial charge in [0.15, 0.2) is 0 Å². The molecule has 1 heterocycles. The summed E-state index contributed by atoms with van der Waals surface area (Å²) in [7, 11) is -2.06. The number of carbonyl (C=O) groups is 1. The van der Waals surface area contributed by atoms with Crippen molar-refractivity contribution in [2.75, 3.05) is 20.2 Å². The van der Waals surface area contributed by atoms with Crippen molar-refractivity contribution in [1.29, 1.82) is 0 Å². The monoisotopic (exact) mass is 298 g/mol. The Morgan fingerprint density at radius 3 is 2.55 bits per heavy atom. The van der Waals surface area contributed by atoms with Crippen LogP contribution in [0.4, 0.5) is 0 Å². The van der Waals surface area contributed by atoms with Gasteiger partial charge < -0.3 is 10.5 Å². The quantitative estimate of drug-likeness (QED) is 0.880. The first-order valence-corrected chi connectivity index (χ1v) is 7.82. The first-order valence-electron chi connectivity index (χ1n) is 6.38. The molecule has 1 aromatic rings. The Kier molecular flexibility index (Phi) is 4.29. The van der Waals surface area contributed by atoms with Gasteiger partial charge in [-0.3, -0.25) is 4.79 Å². The van der Waals surface area contributed by atoms with Gasteiger partial charge in [0, 0.05) is 13.1 Å². The molecule has 0 aromatic heterocycles. The SMILES string of the molecule is COc1ccc(S(=O)(=O)N2CCC[C@H](C(N)=O)C2)cc1. The number of methoxy groups -OCH3 is 1. The number of piperidine rings is 1. The summed E-state index contributed by atoms with van der Waals surface area (Å²) in [6.45, 7) is 0.571. The van der Waals surface area contributed by atoms with E-state index in [4.69, 9.17) is 10.5 Å². The van der Waals surface area contributed by atoms with E-state index in [-0.39, 0.29) is 11.4 Å². The summed E-state index contributed by atoms with van der Waals surface area (Å²) < 4.78 is 31.3. The molecule has 1 aliphatic rings. The van der Waals surface area contributed by atoms with E-state index < -0.39 is 21.8 Å². The van der Waals surface area contributed by atoms with E-state index in [1.165, 1.54) is 23.5 Å². The molecule has 20 heavy (non-hydrogen) atoms. The maximum Gasteiger partial charge on any atom is 0.243 e. The maximum atomic E-state index is 12.5. The van der Waals surface area contributed by atoms with Gasteiger partial charge in [-0.15, -0.1) is 0 Å². The molecule has 6 nitrogen and oxygen atoms in total. The smallest absolute Gasteiger partial charge is 0.243 e. The van der Waals surface area contributed by atoms with E-state index in [2.05, 4.69) is 0 Å². The Hall–Kier alpha value is -1.60. The Balaban J connectivity index is 2.22. The van der Waals surface area contributed by atoms with Gasteiger partial charge in [-0.25, -0.2) is 8.42 Å². The normalized spacial score (nSPS) is 20.6. The summed E-state index contributed by atoms with van der Waals surface area (Å²) in [5, 5.41) is 0. The van der Waals surface area contributed by atoms with Crippen molar-refractivity contribution < 1.29 is 17.9 Å². The molecule has 7 heteroatoms. The number of carbonyl (C=O) groups excluding carboxylic acids is 1. The van der Waals surface area contributed by atoms with Crippen LogP contribution in [0, 0.1) is 5.92 Å². The maximum absolute atomic E-state index is 12.5. The molecule has 1 aromatic carbocycles. The fourth-order valence-electron chi connectivity index (χ4n) is 2.29. The highest BCUT2D eigenvalue weighted by Crippen LogP contribution is 2.24. The van der Waals surface area contributed by atoms with Crippen LogP contribution in [0.15, 0.2) is 29.2 Å². The molecule has 0 saturated carbocycles. The van der Waals surface area contributed by atoms with Gasteiger partial charge in [0.2, 0.25) is 15.9 Å². The molecular formula is C13H18N2O4S. The zero-order valence-corrected chi connectivity index (χ0v) is 12.1. The van der Waals surface area contributed by atoms with Crippen LogP contribution in [-0.4, -0.2) is 38.8 Å². The third-order valence-electron chi connectivity index (χ3n) is 3.48. The van der Waals surface area contributed by atoms with Crippen LogP contribution in [0.25, 0.3) is 0 Å². The molecule has 0 unspecified atom stereocenters. The van der Waals surface area contributed by atoms with E-state index in [1.54, 1.807) is 12.1 Å². The van der Waals surface area contributed by atoms with Crippen molar-refractivity contribution in [3.63, 3.8) is 0 Å². The highest BCUT2D eigenvalue weighted by Gasteiger charge is 2.32. The van der Waals surface area contributed by atoms with Gasteiger partial charge in [-0.2, -0.15) is 4.31 Å². The number of benzene rings is 1. The predicted molar refractivity (Wildman–Crippen MR) is 73.7 cm³/mol. The Morgan fingerprint density at radius 2 is 2.00 bits per heavy atom. The van der Waals surface area contributed by atoms with Crippen LogP contribution in [0.1, 0.15) is 12.8 Å². The summed E-state index contributed by atoms with van der Waals surface area (Å²) >= 11 is 0. The van der Waals surface area contributed by atoms with E-state index in [9.17, 15) is 13.2 Å². The summed E-state index contributed by atoms with van der Waals surface area (Å²) in [4.78, 5) is 11.4. The van der Waals surface area contributed by atoms with Crippen LogP contribution in [0.2, 0.25) is 0 Å². The minimum absolute atomic E-state index is 0.156. The lowest BCUT2D eigenvalue weighted by atomic mass is 9.99. The summed E-state index contributed by atoms with van der Waals surface area (Å²) in [5.74, 6) is -0.256. The van der Waals surface area contributed by atoms with Crippen molar-refractivity contribution >= 4 is 15.9 Å². The molecular weight excluding hydrogens is 280 g/mol. The summed E-state index contributed by atoms with van der Waals surface area (Å²) in [5.41, 5.74) is 5.27. The first kappa shape index (κ1) is 14.8. The van der Waals surface area contributed by atoms with Crippen molar-refractivity contribution in [2.24, 2.45) is 11.7 Å². The number of rotatable bonds is 4. The Bertz CT molecular complexity index is 583. The Labute approximate surface area is 118 Å². The number of nitrogens with two attached hydrogens (primary N) is 1. The van der Waals surface area contributed by atoms with Crippen molar-refractivity contribution in [3.8, 4) is 5.75 Å². The van der Waals surface area contributed by atoms with Crippen LogP contribution in [0.3, 0.4) is 0 Å². The summed E-state index contributed by atoms with van der Waals surface area (Å²) in [6.07, 6.45) is 1.28. The van der Waals surface area contributed by atoms with Crippen LogP contribution in [-0.2, 0) is 14.8 Å². The van der Waals surface area contributed by atoms with Crippen molar-refractivity contribution in [3.05, 3.63) is 24.3 Å². The number of hydrogen-bond donors (Lipinski definition) is 1. The zero-order valence-electron chi connectivity index (χ0n) is 11.3. The zero-order chi connectivity index (χ0) is 14.8. The van der Waals surface area contributed by atoms with Crippen LogP contribution < -0.4 is 10.5 Å². The number of ether oxygens (including phenoxy) is 1. The predicted octanol–water partition coefficient (Wildman–Crippen LogP) is 0.581. The number of hydrogen-bond acceptors (Lipinski definition) is 4. The van der Waals surface area contributed by atoms with Gasteiger partial charge in [0.25, 0.3) is 0 Å². The molecule has 0 spiro atoms. The molecule has 1 amide bonds. The molecule has 2 rings (SSSR count). The molecule has 110 valence electrons. The number of sulfonamides is 1. The average molecular weight is 298 g/mol. The van der Waals surface area contributed by atoms with Gasteiger partial charge in [-0.05, 0) is 37.1 Å². The lowest BCUT2D eigenvalue weighted by Gasteiger charge is -2.30. The molecule has 1 aliphatic heterocycles. The number of primary amides is 1. The van der Waals surface area contributed by atoms with E-state index in [0.29, 0.717) is 25.1 Å². The Morgan fingerprint density at radius 1 is 1.35 bits per heavy atom. The number of nitrogens with zero attached hydrogens (tertiary/aromatic N) is 1. The average Bonchev–Trinajstić information content (AvgIpc) is 2.47. The lowest BCUT2D eigenvalue weighted by Crippen LogP contribution is -2.43. The molecule has 2 N–H and O–H groups in total. The van der Waals surface area contributed by atoms with E-state index >= 15 is 0 Å². The topological polar surface area (TPSA) is 89.7 Å². The lowest BCUT2D eigenvalue weighted by molar-refractivity contribution is -0.122. The number of amides is 1. The van der Waals surface area contributed by atoms with Gasteiger partial charge >= 0.3 is 0 Å². The van der Waals surface area contributed by atoms with Gasteiger partial charge in [0.1, 0.15) is 5.75 Å². The second kappa shape index (κ2) is 5.80. The molecule has 0 aliphatic carbocycles. The fraction of sp³-hybridized carbons (Fsp3) is 0.462. The largest absolute Gasteiger partial charge is 0.497 e. The van der Waals surface area contributed by atoms with E-state index in [0.717, 1.165) is 0 Å². The molecule has 0 radical (unpaired) electrons. The van der Waals surface area contributed by atoms with Crippen molar-refractivity contribution in [1.82, 2.24) is 4.31 Å². The highest BCUT2D eigenvalue weighted by molar-refractivity contribution is 7.89. The molecule has 0 bridgehead atoms. The molecule has 1 atom stereocenters. The first-order chi connectivity index (χ1) is 9.45. The minimum atomic E-state index is -3.58. The van der Waals surface area contributed by atoms with Gasteiger partial charge in [0.05, 0.1) is 17.9 Å². The fourth-order valence-corrected chi connectivity index (χ4v) is 3.81. The second-order valence-electron chi connectivity index (χ2n) is 4.78. The van der Waals surface area contributed by atoms with E-state index in [1.807, 2.05) is 0 Å². The third-order valence-corrected chi connectivity index (χ3v) is 5.36. The van der Waals surface area contributed by atoms with Crippen LogP contribution in [0.5, 0.6) is 5.75 Å². The molecule has 1 fully saturated rings. The third kappa shape index (κ3) is 2.94. The summed E-state index contributed by atoms with van der Waals surface area (Å²) in [6, 6.07) is 6.20. The molecule has 1 saturated heterocycles. The van der Waals surface area contributed by atoms with Crippen molar-refractivity contribution in [2.45, 2.75) is 17.7 Å².